The van der Waals surface area contributed by atoms with Gasteiger partial charge in [-0.1, -0.05) is 0 Å². The van der Waals surface area contributed by atoms with E-state index < -0.39 is 14.0 Å². The normalized spacial score (nSPS) is 24.9. The van der Waals surface area contributed by atoms with Crippen LogP contribution in [0.5, 0.6) is 0 Å². The van der Waals surface area contributed by atoms with Crippen LogP contribution in [0.1, 0.15) is 86.6 Å². The number of anilines is 2. The number of piperazine rings is 2. The van der Waals surface area contributed by atoms with Crippen molar-refractivity contribution in [3.63, 3.8) is 0 Å². The minimum Gasteiger partial charge on any atom is -0.405 e. The standard InChI is InChI=1S/C17H26N6.C16H23BrN6.C12H24B2O4/c1-14-11-19-23-13-16(12-18-17(14)23)21-5-3-15(4-6-21)22-9-7-20(2)8-10-22;1-20-6-8-22(9-7-20)13-2-4-21(5-3-13)14-10-18-16-15(17)11-19-23(16)12-14;1-9(2)10(3,4)16-13(15-9)14-17-11(5,6)12(7,8)18-14/h11-13,15H,3-10H2,1-2H3;10-13H,2-9H2,1H3;1-8H3. The predicted octanol–water partition coefficient (Wildman–Crippen LogP) is 5.21. The van der Waals surface area contributed by atoms with Crippen molar-refractivity contribution >= 4 is 52.6 Å². The van der Waals surface area contributed by atoms with E-state index in [-0.39, 0.29) is 22.4 Å². The van der Waals surface area contributed by atoms with Gasteiger partial charge in [0.2, 0.25) is 0 Å². The van der Waals surface area contributed by atoms with Crippen LogP contribution in [0.3, 0.4) is 0 Å². The average Bonchev–Trinajstić information content (AvgIpc) is 3.96. The maximum absolute atomic E-state index is 5.96. The van der Waals surface area contributed by atoms with Crippen LogP contribution in [0, 0.1) is 6.92 Å². The van der Waals surface area contributed by atoms with Gasteiger partial charge < -0.3 is 38.2 Å². The number of likely N-dealkylation sites (N-methyl/N-ethyl adjacent to an activating group) is 2. The smallest absolute Gasteiger partial charge is 0.405 e. The van der Waals surface area contributed by atoms with E-state index in [0.717, 1.165) is 59.6 Å². The summed E-state index contributed by atoms with van der Waals surface area (Å²) >= 11 is 3.48. The minimum absolute atomic E-state index is 0.360. The number of piperidine rings is 2. The topological polar surface area (TPSA) is 117 Å². The van der Waals surface area contributed by atoms with E-state index in [4.69, 9.17) is 18.6 Å². The highest BCUT2D eigenvalue weighted by molar-refractivity contribution is 9.10. The molecule has 0 aromatic carbocycles. The molecule has 4 aromatic rings. The van der Waals surface area contributed by atoms with Crippen molar-refractivity contribution in [3.8, 4) is 0 Å². The first-order valence-electron chi connectivity index (χ1n) is 23.6. The lowest BCUT2D eigenvalue weighted by Crippen LogP contribution is -2.52. The van der Waals surface area contributed by atoms with E-state index in [0.29, 0.717) is 0 Å². The number of hydrogen-bond acceptors (Lipinski definition) is 14. The third-order valence-corrected chi connectivity index (χ3v) is 15.9. The summed E-state index contributed by atoms with van der Waals surface area (Å²) in [7, 11) is 3.49. The highest BCUT2D eigenvalue weighted by Crippen LogP contribution is 2.43. The van der Waals surface area contributed by atoms with E-state index in [9.17, 15) is 0 Å². The van der Waals surface area contributed by atoms with Crippen molar-refractivity contribution in [2.75, 3.05) is 102 Å². The van der Waals surface area contributed by atoms with Gasteiger partial charge in [0.15, 0.2) is 11.3 Å². The highest BCUT2D eigenvalue weighted by Gasteiger charge is 2.63. The summed E-state index contributed by atoms with van der Waals surface area (Å²) in [6.45, 7) is 32.4. The van der Waals surface area contributed by atoms with Gasteiger partial charge in [0, 0.05) is 96.2 Å². The third kappa shape index (κ3) is 10.3. The predicted molar refractivity (Wildman–Crippen MR) is 259 cm³/mol. The first-order valence-corrected chi connectivity index (χ1v) is 24.4. The Kier molecular flexibility index (Phi) is 14.2. The Balaban J connectivity index is 0.000000133. The second kappa shape index (κ2) is 19.0. The zero-order chi connectivity index (χ0) is 45.6. The summed E-state index contributed by atoms with van der Waals surface area (Å²) in [5.74, 6) is 0. The second-order valence-corrected chi connectivity index (χ2v) is 21.7. The van der Waals surface area contributed by atoms with Gasteiger partial charge in [-0.15, -0.1) is 0 Å². The molecule has 350 valence electrons. The van der Waals surface area contributed by atoms with Crippen LogP contribution < -0.4 is 9.80 Å². The van der Waals surface area contributed by atoms with E-state index in [1.165, 1.54) is 89.4 Å². The summed E-state index contributed by atoms with van der Waals surface area (Å²) in [6, 6.07) is 1.50. The van der Waals surface area contributed by atoms with Crippen LogP contribution in [0.2, 0.25) is 0 Å². The Bertz CT molecular complexity index is 1990. The number of aromatic nitrogens is 6. The van der Waals surface area contributed by atoms with Crippen LogP contribution in [0.4, 0.5) is 11.4 Å². The Labute approximate surface area is 390 Å². The maximum Gasteiger partial charge on any atom is 0.488 e. The molecule has 0 radical (unpaired) electrons. The number of halogens is 1. The van der Waals surface area contributed by atoms with Crippen molar-refractivity contribution < 1.29 is 18.6 Å². The SMILES string of the molecule is CC1(C)OB(B2OC(C)(C)C(C)(C)O2)OC1(C)C.CN1CCN(C2CCN(c3cnc4c(Br)cnn4c3)CC2)CC1.Cc1cnn2cc(N3CCC(N4CCN(C)CC4)CC3)cnc12. The number of nitrogens with zero attached hydrogens (tertiary/aromatic N) is 12. The molecule has 0 unspecified atom stereocenters. The van der Waals surface area contributed by atoms with Crippen LogP contribution in [0.25, 0.3) is 11.3 Å². The molecule has 0 bridgehead atoms. The summed E-state index contributed by atoms with van der Waals surface area (Å²) in [5, 5.41) is 8.72. The fourth-order valence-corrected chi connectivity index (χ4v) is 9.87. The first kappa shape index (κ1) is 47.6. The molecule has 19 heteroatoms. The van der Waals surface area contributed by atoms with Gasteiger partial charge in [-0.2, -0.15) is 10.2 Å². The number of aryl methyl sites for hydroxylation is 1. The largest absolute Gasteiger partial charge is 0.488 e. The van der Waals surface area contributed by atoms with Crippen molar-refractivity contribution in [2.45, 2.75) is 122 Å². The van der Waals surface area contributed by atoms with Gasteiger partial charge in [0.05, 0.1) is 75.4 Å². The Morgan fingerprint density at radius 1 is 0.516 bits per heavy atom. The Morgan fingerprint density at radius 2 is 0.875 bits per heavy atom. The van der Waals surface area contributed by atoms with Gasteiger partial charge in [-0.05, 0) is 118 Å². The molecule has 6 aliphatic heterocycles. The Morgan fingerprint density at radius 3 is 1.28 bits per heavy atom. The molecule has 10 rings (SSSR count). The fourth-order valence-electron chi connectivity index (χ4n) is 9.50. The minimum atomic E-state index is -0.476. The highest BCUT2D eigenvalue weighted by atomic mass is 79.9. The third-order valence-electron chi connectivity index (χ3n) is 15.4. The van der Waals surface area contributed by atoms with Crippen LogP contribution in [-0.4, -0.2) is 190 Å². The molecule has 0 atom stereocenters. The average molecular weight is 948 g/mol. The molecule has 6 fully saturated rings. The molecule has 10 heterocycles. The summed E-state index contributed by atoms with van der Waals surface area (Å²) < 4.78 is 28.5. The van der Waals surface area contributed by atoms with Gasteiger partial charge >= 0.3 is 14.0 Å². The molecule has 4 aromatic heterocycles. The van der Waals surface area contributed by atoms with Gasteiger partial charge in [0.25, 0.3) is 0 Å². The zero-order valence-corrected chi connectivity index (χ0v) is 42.1. The molecule has 0 N–H and O–H groups in total. The monoisotopic (exact) mass is 947 g/mol. The number of rotatable bonds is 5. The van der Waals surface area contributed by atoms with E-state index in [1.54, 1.807) is 6.20 Å². The van der Waals surface area contributed by atoms with E-state index >= 15 is 0 Å². The molecular weight excluding hydrogens is 874 g/mol. The van der Waals surface area contributed by atoms with Crippen LogP contribution >= 0.6 is 15.9 Å². The molecule has 6 aliphatic rings. The lowest BCUT2D eigenvalue weighted by atomic mass is 9.49. The lowest BCUT2D eigenvalue weighted by Gasteiger charge is -2.42. The molecule has 0 amide bonds. The molecular formula is C45H73B2BrN12O4. The van der Waals surface area contributed by atoms with Gasteiger partial charge in [-0.25, -0.2) is 19.0 Å². The van der Waals surface area contributed by atoms with Crippen molar-refractivity contribution in [1.82, 2.24) is 48.8 Å². The van der Waals surface area contributed by atoms with E-state index in [2.05, 4.69) is 98.9 Å². The van der Waals surface area contributed by atoms with Gasteiger partial charge in [-0.3, -0.25) is 9.80 Å². The van der Waals surface area contributed by atoms with E-state index in [1.807, 2.05) is 83.0 Å². The number of hydrogen-bond donors (Lipinski definition) is 0. The zero-order valence-electron chi connectivity index (χ0n) is 40.5. The summed E-state index contributed by atoms with van der Waals surface area (Å²) in [4.78, 5) is 24.2. The summed E-state index contributed by atoms with van der Waals surface area (Å²) in [5.41, 5.74) is 3.89. The van der Waals surface area contributed by atoms with Crippen molar-refractivity contribution in [1.29, 1.82) is 0 Å². The molecule has 0 saturated carbocycles. The Hall–Kier alpha value is -2.87. The quantitative estimate of drug-likeness (QED) is 0.244. The molecule has 6 saturated heterocycles. The molecule has 16 nitrogen and oxygen atoms in total. The second-order valence-electron chi connectivity index (χ2n) is 20.8. The van der Waals surface area contributed by atoms with Gasteiger partial charge in [0.1, 0.15) is 0 Å². The molecule has 0 spiro atoms. The fraction of sp³-hybridized carbons (Fsp3) is 0.733. The number of fused-ring (bicyclic) bond motifs is 2. The van der Waals surface area contributed by atoms with Crippen LogP contribution in [-0.2, 0) is 18.6 Å². The first-order chi connectivity index (χ1) is 30.3. The van der Waals surface area contributed by atoms with Crippen LogP contribution in [0.15, 0.2) is 41.7 Å². The summed E-state index contributed by atoms with van der Waals surface area (Å²) in [6.07, 6.45) is 16.8. The molecule has 64 heavy (non-hydrogen) atoms. The lowest BCUT2D eigenvalue weighted by molar-refractivity contribution is 0.00578. The molecule has 0 aliphatic carbocycles. The maximum atomic E-state index is 5.96. The van der Waals surface area contributed by atoms with Crippen molar-refractivity contribution in [2.24, 2.45) is 0 Å². The van der Waals surface area contributed by atoms with Crippen molar-refractivity contribution in [3.05, 3.63) is 47.2 Å².